The average Bonchev–Trinajstić information content (AvgIpc) is 3.03. The molecule has 3 nitrogen and oxygen atoms in total. The van der Waals surface area contributed by atoms with Gasteiger partial charge in [-0.3, -0.25) is 4.79 Å². The Hall–Kier alpha value is -0.570. The molecule has 0 amide bonds. The summed E-state index contributed by atoms with van der Waals surface area (Å²) in [5.41, 5.74) is -0.177. The molecule has 0 spiro atoms. The van der Waals surface area contributed by atoms with E-state index in [0.717, 1.165) is 38.5 Å². The standard InChI is InChI=1S/C15H24O3/c1-2-15(5-3-4-6-15)18-14(17)12-8-10-7-11(12)13(16)9-10/h10-13,16H,2-9H2,1H3. The molecule has 0 aromatic heterocycles. The predicted octanol–water partition coefficient (Wildman–Crippen LogP) is 2.66. The maximum absolute atomic E-state index is 12.4. The van der Waals surface area contributed by atoms with Crippen molar-refractivity contribution in [3.8, 4) is 0 Å². The molecule has 4 unspecified atom stereocenters. The van der Waals surface area contributed by atoms with Crippen LogP contribution in [0.4, 0.5) is 0 Å². The van der Waals surface area contributed by atoms with Crippen molar-refractivity contribution < 1.29 is 14.6 Å². The quantitative estimate of drug-likeness (QED) is 0.785. The van der Waals surface area contributed by atoms with Crippen LogP contribution < -0.4 is 0 Å². The van der Waals surface area contributed by atoms with Gasteiger partial charge in [-0.25, -0.2) is 0 Å². The molecular weight excluding hydrogens is 228 g/mol. The first-order chi connectivity index (χ1) is 8.63. The van der Waals surface area contributed by atoms with Crippen LogP contribution >= 0.6 is 0 Å². The molecule has 0 heterocycles. The first-order valence-corrected chi connectivity index (χ1v) is 7.54. The number of rotatable bonds is 3. The molecule has 3 rings (SSSR count). The van der Waals surface area contributed by atoms with Gasteiger partial charge in [-0.15, -0.1) is 0 Å². The van der Waals surface area contributed by atoms with Gasteiger partial charge in [0.05, 0.1) is 12.0 Å². The lowest BCUT2D eigenvalue weighted by molar-refractivity contribution is -0.168. The molecule has 2 bridgehead atoms. The third-order valence-electron chi connectivity index (χ3n) is 5.56. The van der Waals surface area contributed by atoms with Gasteiger partial charge >= 0.3 is 5.97 Å². The van der Waals surface area contributed by atoms with Crippen molar-refractivity contribution in [2.75, 3.05) is 0 Å². The van der Waals surface area contributed by atoms with Crippen LogP contribution in [-0.4, -0.2) is 22.8 Å². The zero-order valence-electron chi connectivity index (χ0n) is 11.2. The van der Waals surface area contributed by atoms with Gasteiger partial charge < -0.3 is 9.84 Å². The number of ether oxygens (including phenoxy) is 1. The van der Waals surface area contributed by atoms with Crippen LogP contribution in [0.2, 0.25) is 0 Å². The van der Waals surface area contributed by atoms with Gasteiger partial charge in [0, 0.05) is 0 Å². The molecule has 0 radical (unpaired) electrons. The molecule has 0 aliphatic heterocycles. The summed E-state index contributed by atoms with van der Waals surface area (Å²) >= 11 is 0. The number of hydrogen-bond acceptors (Lipinski definition) is 3. The van der Waals surface area contributed by atoms with Gasteiger partial charge in [0.2, 0.25) is 0 Å². The van der Waals surface area contributed by atoms with E-state index in [0.29, 0.717) is 5.92 Å². The Bertz CT molecular complexity index is 333. The average molecular weight is 252 g/mol. The minimum atomic E-state index is -0.262. The molecule has 3 heteroatoms. The lowest BCUT2D eigenvalue weighted by Crippen LogP contribution is -2.38. The van der Waals surface area contributed by atoms with E-state index in [4.69, 9.17) is 4.74 Å². The molecule has 0 aromatic rings. The second-order valence-corrected chi connectivity index (χ2v) is 6.58. The van der Waals surface area contributed by atoms with Gasteiger partial charge in [0.25, 0.3) is 0 Å². The molecule has 18 heavy (non-hydrogen) atoms. The first-order valence-electron chi connectivity index (χ1n) is 7.54. The summed E-state index contributed by atoms with van der Waals surface area (Å²) in [4.78, 5) is 12.4. The van der Waals surface area contributed by atoms with Crippen molar-refractivity contribution in [1.29, 1.82) is 0 Å². The largest absolute Gasteiger partial charge is 0.459 e. The zero-order chi connectivity index (χ0) is 12.8. The Morgan fingerprint density at radius 2 is 2.00 bits per heavy atom. The number of carbonyl (C=O) groups excluding carboxylic acids is 1. The molecule has 102 valence electrons. The molecule has 0 aromatic carbocycles. The summed E-state index contributed by atoms with van der Waals surface area (Å²) in [6.07, 6.45) is 7.95. The molecular formula is C15H24O3. The highest BCUT2D eigenvalue weighted by Crippen LogP contribution is 2.49. The Morgan fingerprint density at radius 1 is 1.28 bits per heavy atom. The second kappa shape index (κ2) is 4.52. The van der Waals surface area contributed by atoms with E-state index in [2.05, 4.69) is 6.92 Å². The van der Waals surface area contributed by atoms with E-state index in [1.165, 1.54) is 12.8 Å². The van der Waals surface area contributed by atoms with E-state index in [9.17, 15) is 9.90 Å². The molecule has 1 N–H and O–H groups in total. The number of fused-ring (bicyclic) bond motifs is 2. The van der Waals surface area contributed by atoms with Crippen molar-refractivity contribution in [2.45, 2.75) is 70.0 Å². The monoisotopic (exact) mass is 252 g/mol. The summed E-state index contributed by atoms with van der Waals surface area (Å²) in [6, 6.07) is 0. The van der Waals surface area contributed by atoms with Crippen LogP contribution in [0.15, 0.2) is 0 Å². The maximum Gasteiger partial charge on any atom is 0.309 e. The van der Waals surface area contributed by atoms with Gasteiger partial charge in [0.15, 0.2) is 0 Å². The summed E-state index contributed by atoms with van der Waals surface area (Å²) in [5.74, 6) is 0.689. The van der Waals surface area contributed by atoms with Crippen molar-refractivity contribution in [2.24, 2.45) is 17.8 Å². The van der Waals surface area contributed by atoms with E-state index < -0.39 is 0 Å². The fraction of sp³-hybridized carbons (Fsp3) is 0.933. The maximum atomic E-state index is 12.4. The molecule has 3 aliphatic rings. The minimum Gasteiger partial charge on any atom is -0.459 e. The number of esters is 1. The normalized spacial score (nSPS) is 41.2. The molecule has 0 saturated heterocycles. The van der Waals surface area contributed by atoms with Crippen molar-refractivity contribution in [1.82, 2.24) is 0 Å². The summed E-state index contributed by atoms with van der Waals surface area (Å²) in [7, 11) is 0. The summed E-state index contributed by atoms with van der Waals surface area (Å²) in [5, 5.41) is 9.91. The van der Waals surface area contributed by atoms with Crippen molar-refractivity contribution >= 4 is 5.97 Å². The van der Waals surface area contributed by atoms with Gasteiger partial charge in [-0.05, 0) is 63.2 Å². The van der Waals surface area contributed by atoms with Gasteiger partial charge in [0.1, 0.15) is 5.60 Å². The highest BCUT2D eigenvalue weighted by atomic mass is 16.6. The Kier molecular flexibility index (Phi) is 3.13. The summed E-state index contributed by atoms with van der Waals surface area (Å²) in [6.45, 7) is 2.12. The van der Waals surface area contributed by atoms with Crippen LogP contribution in [0.25, 0.3) is 0 Å². The third kappa shape index (κ3) is 1.97. The SMILES string of the molecule is CCC1(OC(=O)C2CC3CC(O)C2C3)CCCC1. The minimum absolute atomic E-state index is 0.0231. The van der Waals surface area contributed by atoms with Crippen molar-refractivity contribution in [3.63, 3.8) is 0 Å². The van der Waals surface area contributed by atoms with Crippen molar-refractivity contribution in [3.05, 3.63) is 0 Å². The topological polar surface area (TPSA) is 46.5 Å². The number of carbonyl (C=O) groups is 1. The zero-order valence-corrected chi connectivity index (χ0v) is 11.2. The van der Waals surface area contributed by atoms with Gasteiger partial charge in [-0.1, -0.05) is 6.92 Å². The predicted molar refractivity (Wildman–Crippen MR) is 67.9 cm³/mol. The van der Waals surface area contributed by atoms with E-state index >= 15 is 0 Å². The van der Waals surface area contributed by atoms with Crippen LogP contribution in [-0.2, 0) is 9.53 Å². The molecule has 3 fully saturated rings. The fourth-order valence-corrected chi connectivity index (χ4v) is 4.42. The highest BCUT2D eigenvalue weighted by molar-refractivity contribution is 5.74. The van der Waals surface area contributed by atoms with Crippen LogP contribution in [0, 0.1) is 17.8 Å². The van der Waals surface area contributed by atoms with E-state index in [1.54, 1.807) is 0 Å². The van der Waals surface area contributed by atoms with Crippen LogP contribution in [0.3, 0.4) is 0 Å². The smallest absolute Gasteiger partial charge is 0.309 e. The summed E-state index contributed by atoms with van der Waals surface area (Å²) < 4.78 is 5.88. The lowest BCUT2D eigenvalue weighted by Gasteiger charge is -2.32. The van der Waals surface area contributed by atoms with Gasteiger partial charge in [-0.2, -0.15) is 0 Å². The Labute approximate surface area is 109 Å². The Balaban J connectivity index is 1.65. The lowest BCUT2D eigenvalue weighted by atomic mass is 9.86. The van der Waals surface area contributed by atoms with Crippen LogP contribution in [0.5, 0.6) is 0 Å². The Morgan fingerprint density at radius 3 is 2.56 bits per heavy atom. The first kappa shape index (κ1) is 12.5. The van der Waals surface area contributed by atoms with Crippen LogP contribution in [0.1, 0.15) is 58.3 Å². The number of aliphatic hydroxyl groups excluding tert-OH is 1. The highest BCUT2D eigenvalue weighted by Gasteiger charge is 2.50. The van der Waals surface area contributed by atoms with E-state index in [-0.39, 0.29) is 29.5 Å². The van der Waals surface area contributed by atoms with E-state index in [1.807, 2.05) is 0 Å². The third-order valence-corrected chi connectivity index (χ3v) is 5.56. The number of hydrogen-bond donors (Lipinski definition) is 1. The number of aliphatic hydroxyl groups is 1. The molecule has 3 aliphatic carbocycles. The second-order valence-electron chi connectivity index (χ2n) is 6.58. The molecule has 4 atom stereocenters. The molecule has 3 saturated carbocycles. The fourth-order valence-electron chi connectivity index (χ4n) is 4.42.